The fourth-order valence-electron chi connectivity index (χ4n) is 3.60. The van der Waals surface area contributed by atoms with E-state index in [0.29, 0.717) is 36.9 Å². The van der Waals surface area contributed by atoms with Gasteiger partial charge >= 0.3 is 0 Å². The first-order valence-corrected chi connectivity index (χ1v) is 13.8. The van der Waals surface area contributed by atoms with Gasteiger partial charge in [-0.05, 0) is 50.6 Å². The molecule has 0 aliphatic carbocycles. The van der Waals surface area contributed by atoms with Crippen molar-refractivity contribution in [2.24, 2.45) is 0 Å². The predicted molar refractivity (Wildman–Crippen MR) is 137 cm³/mol. The maximum atomic E-state index is 13.6. The van der Waals surface area contributed by atoms with Gasteiger partial charge in [-0.1, -0.05) is 28.1 Å². The summed E-state index contributed by atoms with van der Waals surface area (Å²) in [5.74, 6) is -0.0876. The average molecular weight is 568 g/mol. The number of likely N-dealkylation sites (N-methyl/N-ethyl adjacent to an activating group) is 1. The third-order valence-corrected chi connectivity index (χ3v) is 7.85. The standard InChI is InChI=1S/C24H30BrN3O6S/c1-4-26-24(30)17(3)27(15-18-6-8-19(25)9-7-18)23(29)16-28(35(31,32)5-2)20-10-11-21-22(14-20)34-13-12-33-21/h6-11,14,17H,4-5,12-13,15-16H2,1-3H3,(H,26,30)/t17-/m0/s1. The molecule has 190 valence electrons. The molecule has 0 saturated carbocycles. The minimum atomic E-state index is -3.82. The van der Waals surface area contributed by atoms with E-state index in [-0.39, 0.29) is 18.2 Å². The Morgan fingerprint density at radius 1 is 1.06 bits per heavy atom. The number of halogens is 1. The third-order valence-electron chi connectivity index (χ3n) is 5.58. The SMILES string of the molecule is CCNC(=O)[C@H](C)N(Cc1ccc(Br)cc1)C(=O)CN(c1ccc2c(c1)OCCO2)S(=O)(=O)CC. The van der Waals surface area contributed by atoms with E-state index < -0.39 is 28.5 Å². The number of nitrogens with one attached hydrogen (secondary N) is 1. The van der Waals surface area contributed by atoms with Crippen molar-refractivity contribution in [3.05, 3.63) is 52.5 Å². The number of fused-ring (bicyclic) bond motifs is 1. The normalized spacial score (nSPS) is 13.6. The molecule has 9 nitrogen and oxygen atoms in total. The van der Waals surface area contributed by atoms with Crippen LogP contribution in [0.4, 0.5) is 5.69 Å². The Kier molecular flexibility index (Phi) is 9.01. The summed E-state index contributed by atoms with van der Waals surface area (Å²) < 4.78 is 39.1. The van der Waals surface area contributed by atoms with Gasteiger partial charge in [0, 0.05) is 23.6 Å². The number of sulfonamides is 1. The summed E-state index contributed by atoms with van der Waals surface area (Å²) in [4.78, 5) is 27.6. The van der Waals surface area contributed by atoms with Crippen molar-refractivity contribution in [2.45, 2.75) is 33.4 Å². The van der Waals surface area contributed by atoms with Crippen LogP contribution in [0.5, 0.6) is 11.5 Å². The van der Waals surface area contributed by atoms with Gasteiger partial charge in [-0.2, -0.15) is 0 Å². The molecular weight excluding hydrogens is 538 g/mol. The number of benzene rings is 2. The predicted octanol–water partition coefficient (Wildman–Crippen LogP) is 2.93. The Hall–Kier alpha value is -2.79. The fraction of sp³-hybridized carbons (Fsp3) is 0.417. The summed E-state index contributed by atoms with van der Waals surface area (Å²) >= 11 is 3.39. The number of carbonyl (C=O) groups excluding carboxylic acids is 2. The van der Waals surface area contributed by atoms with Crippen molar-refractivity contribution < 1.29 is 27.5 Å². The third kappa shape index (κ3) is 6.66. The van der Waals surface area contributed by atoms with E-state index in [9.17, 15) is 18.0 Å². The van der Waals surface area contributed by atoms with Gasteiger partial charge in [0.05, 0.1) is 11.4 Å². The van der Waals surface area contributed by atoms with E-state index in [2.05, 4.69) is 21.2 Å². The molecule has 1 N–H and O–H groups in total. The number of hydrogen-bond acceptors (Lipinski definition) is 6. The largest absolute Gasteiger partial charge is 0.486 e. The molecule has 1 aliphatic heterocycles. The van der Waals surface area contributed by atoms with Crippen LogP contribution in [0, 0.1) is 0 Å². The van der Waals surface area contributed by atoms with Gasteiger partial charge < -0.3 is 19.7 Å². The molecule has 0 saturated heterocycles. The Balaban J connectivity index is 1.94. The average Bonchev–Trinajstić information content (AvgIpc) is 2.86. The fourth-order valence-corrected chi connectivity index (χ4v) is 4.92. The lowest BCUT2D eigenvalue weighted by Crippen LogP contribution is -2.51. The highest BCUT2D eigenvalue weighted by Gasteiger charge is 2.31. The molecule has 3 rings (SSSR count). The van der Waals surface area contributed by atoms with Crippen molar-refractivity contribution in [1.82, 2.24) is 10.2 Å². The van der Waals surface area contributed by atoms with E-state index in [1.165, 1.54) is 11.8 Å². The Morgan fingerprint density at radius 3 is 2.34 bits per heavy atom. The smallest absolute Gasteiger partial charge is 0.244 e. The zero-order valence-corrected chi connectivity index (χ0v) is 22.4. The first-order valence-electron chi connectivity index (χ1n) is 11.4. The van der Waals surface area contributed by atoms with E-state index in [1.807, 2.05) is 24.3 Å². The van der Waals surface area contributed by atoms with E-state index in [0.717, 1.165) is 14.3 Å². The zero-order valence-electron chi connectivity index (χ0n) is 20.0. The molecule has 0 bridgehead atoms. The van der Waals surface area contributed by atoms with Crippen LogP contribution >= 0.6 is 15.9 Å². The molecule has 0 unspecified atom stereocenters. The topological polar surface area (TPSA) is 105 Å². The van der Waals surface area contributed by atoms with Gasteiger partial charge in [0.15, 0.2) is 11.5 Å². The van der Waals surface area contributed by atoms with Crippen LogP contribution in [-0.2, 0) is 26.2 Å². The molecule has 2 aromatic carbocycles. The van der Waals surface area contributed by atoms with Crippen molar-refractivity contribution in [3.63, 3.8) is 0 Å². The molecule has 11 heteroatoms. The van der Waals surface area contributed by atoms with Crippen LogP contribution in [0.3, 0.4) is 0 Å². The molecule has 2 aromatic rings. The molecule has 2 amide bonds. The molecule has 0 spiro atoms. The molecular formula is C24H30BrN3O6S. The quantitative estimate of drug-likeness (QED) is 0.473. The first-order chi connectivity index (χ1) is 16.7. The van der Waals surface area contributed by atoms with Gasteiger partial charge in [0.2, 0.25) is 21.8 Å². The molecule has 1 aliphatic rings. The highest BCUT2D eigenvalue weighted by atomic mass is 79.9. The van der Waals surface area contributed by atoms with E-state index in [1.54, 1.807) is 32.0 Å². The second-order valence-corrected chi connectivity index (χ2v) is 11.1. The van der Waals surface area contributed by atoms with Crippen LogP contribution in [0.25, 0.3) is 0 Å². The summed E-state index contributed by atoms with van der Waals surface area (Å²) in [6.45, 7) is 5.79. The minimum absolute atomic E-state index is 0.144. The molecule has 0 radical (unpaired) electrons. The van der Waals surface area contributed by atoms with Crippen molar-refractivity contribution in [2.75, 3.05) is 36.4 Å². The maximum absolute atomic E-state index is 13.6. The van der Waals surface area contributed by atoms with Crippen molar-refractivity contribution >= 4 is 43.5 Å². The number of carbonyl (C=O) groups is 2. The van der Waals surface area contributed by atoms with Crippen LogP contribution < -0.4 is 19.1 Å². The lowest BCUT2D eigenvalue weighted by molar-refractivity contribution is -0.139. The van der Waals surface area contributed by atoms with Gasteiger partial charge in [0.25, 0.3) is 0 Å². The zero-order chi connectivity index (χ0) is 25.6. The minimum Gasteiger partial charge on any atom is -0.486 e. The number of ether oxygens (including phenoxy) is 2. The van der Waals surface area contributed by atoms with Crippen LogP contribution in [0.2, 0.25) is 0 Å². The highest BCUT2D eigenvalue weighted by Crippen LogP contribution is 2.35. The van der Waals surface area contributed by atoms with E-state index in [4.69, 9.17) is 9.47 Å². The number of amides is 2. The number of rotatable bonds is 10. The van der Waals surface area contributed by atoms with Gasteiger partial charge in [-0.3, -0.25) is 13.9 Å². The van der Waals surface area contributed by atoms with Crippen LogP contribution in [0.15, 0.2) is 46.9 Å². The summed E-state index contributed by atoms with van der Waals surface area (Å²) in [6, 6.07) is 11.3. The first kappa shape index (κ1) is 26.8. The Bertz CT molecular complexity index is 1160. The molecule has 35 heavy (non-hydrogen) atoms. The number of nitrogens with zero attached hydrogens (tertiary/aromatic N) is 2. The summed E-state index contributed by atoms with van der Waals surface area (Å²) in [6.07, 6.45) is 0. The second kappa shape index (κ2) is 11.8. The van der Waals surface area contributed by atoms with Gasteiger partial charge in [-0.25, -0.2) is 8.42 Å². The van der Waals surface area contributed by atoms with E-state index >= 15 is 0 Å². The lowest BCUT2D eigenvalue weighted by atomic mass is 10.1. The number of anilines is 1. The number of hydrogen-bond donors (Lipinski definition) is 1. The summed E-state index contributed by atoms with van der Waals surface area (Å²) in [5, 5.41) is 2.73. The monoisotopic (exact) mass is 567 g/mol. The molecule has 1 heterocycles. The Morgan fingerprint density at radius 2 is 1.71 bits per heavy atom. The molecule has 1 atom stereocenters. The lowest BCUT2D eigenvalue weighted by Gasteiger charge is -2.32. The van der Waals surface area contributed by atoms with Crippen LogP contribution in [0.1, 0.15) is 26.3 Å². The maximum Gasteiger partial charge on any atom is 0.244 e. The highest BCUT2D eigenvalue weighted by molar-refractivity contribution is 9.10. The molecule has 0 aromatic heterocycles. The van der Waals surface area contributed by atoms with Gasteiger partial charge in [-0.15, -0.1) is 0 Å². The Labute approximate surface area is 214 Å². The van der Waals surface area contributed by atoms with Crippen molar-refractivity contribution in [1.29, 1.82) is 0 Å². The molecule has 0 fully saturated rings. The van der Waals surface area contributed by atoms with Crippen LogP contribution in [-0.4, -0.2) is 63.2 Å². The summed E-state index contributed by atoms with van der Waals surface area (Å²) in [5.41, 5.74) is 1.10. The summed E-state index contributed by atoms with van der Waals surface area (Å²) in [7, 11) is -3.82. The van der Waals surface area contributed by atoms with Gasteiger partial charge in [0.1, 0.15) is 25.8 Å². The van der Waals surface area contributed by atoms with Crippen molar-refractivity contribution in [3.8, 4) is 11.5 Å². The second-order valence-electron chi connectivity index (χ2n) is 7.95.